The van der Waals surface area contributed by atoms with E-state index in [1.165, 1.54) is 6.92 Å². The van der Waals surface area contributed by atoms with E-state index >= 15 is 0 Å². The van der Waals surface area contributed by atoms with Gasteiger partial charge in [-0.25, -0.2) is 4.79 Å². The number of rotatable bonds is 4. The number of amides is 2. The first kappa shape index (κ1) is 13.8. The van der Waals surface area contributed by atoms with Crippen molar-refractivity contribution in [3.05, 3.63) is 30.3 Å². The molecule has 2 amide bonds. The van der Waals surface area contributed by atoms with Crippen LogP contribution >= 0.6 is 12.8 Å². The van der Waals surface area contributed by atoms with Gasteiger partial charge >= 0.3 is 6.03 Å². The molecule has 0 radical (unpaired) electrons. The quantitative estimate of drug-likeness (QED) is 0.610. The number of thiol groups is 1. The molecule has 0 aliphatic heterocycles. The number of nitrogens with zero attached hydrogens (tertiary/aromatic N) is 1. The zero-order valence-corrected chi connectivity index (χ0v) is 10.4. The van der Waals surface area contributed by atoms with E-state index in [4.69, 9.17) is 10.2 Å². The highest BCUT2D eigenvalue weighted by atomic mass is 32.1. The SMILES string of the molecule is CC(CO)(CO)N(S)C(=O)Nc1ccccc1. The Hall–Kier alpha value is -1.24. The van der Waals surface area contributed by atoms with E-state index in [0.717, 1.165) is 4.31 Å². The number of benzene rings is 1. The van der Waals surface area contributed by atoms with E-state index < -0.39 is 11.6 Å². The van der Waals surface area contributed by atoms with Crippen LogP contribution in [0.2, 0.25) is 0 Å². The van der Waals surface area contributed by atoms with E-state index in [1.807, 2.05) is 6.07 Å². The Morgan fingerprint density at radius 1 is 1.35 bits per heavy atom. The number of urea groups is 1. The summed E-state index contributed by atoms with van der Waals surface area (Å²) in [6, 6.07) is 8.36. The summed E-state index contributed by atoms with van der Waals surface area (Å²) in [7, 11) is 0. The first-order valence-corrected chi connectivity index (χ1v) is 5.50. The van der Waals surface area contributed by atoms with Crippen molar-refractivity contribution >= 4 is 24.5 Å². The summed E-state index contributed by atoms with van der Waals surface area (Å²) in [5.41, 5.74) is -0.489. The largest absolute Gasteiger partial charge is 0.394 e. The fraction of sp³-hybridized carbons (Fsp3) is 0.364. The normalized spacial score (nSPS) is 11.1. The molecule has 0 heterocycles. The summed E-state index contributed by atoms with van der Waals surface area (Å²) in [6.45, 7) is 0.773. The van der Waals surface area contributed by atoms with Gasteiger partial charge in [0.1, 0.15) is 0 Å². The molecule has 1 aromatic rings. The standard InChI is InChI=1S/C11H16N2O3S/c1-11(7-14,8-15)13(17)10(16)12-9-5-3-2-4-6-9/h2-6,14-15,17H,7-8H2,1H3,(H,12,16). The van der Waals surface area contributed by atoms with Crippen LogP contribution in [-0.4, -0.2) is 39.3 Å². The molecule has 0 bridgehead atoms. The summed E-state index contributed by atoms with van der Waals surface area (Å²) in [5, 5.41) is 20.9. The summed E-state index contributed by atoms with van der Waals surface area (Å²) in [6.07, 6.45) is 0. The number of carbonyl (C=O) groups excluding carboxylic acids is 1. The van der Waals surface area contributed by atoms with Gasteiger partial charge in [0.2, 0.25) is 0 Å². The number of hydrogen-bond donors (Lipinski definition) is 4. The van der Waals surface area contributed by atoms with Crippen molar-refractivity contribution in [2.24, 2.45) is 0 Å². The monoisotopic (exact) mass is 256 g/mol. The van der Waals surface area contributed by atoms with Gasteiger partial charge in [0.25, 0.3) is 0 Å². The summed E-state index contributed by atoms with van der Waals surface area (Å²) in [4.78, 5) is 11.8. The third kappa shape index (κ3) is 3.36. The second kappa shape index (κ2) is 5.90. The molecule has 6 heteroatoms. The molecule has 0 unspecified atom stereocenters. The average molecular weight is 256 g/mol. The summed E-state index contributed by atoms with van der Waals surface area (Å²) in [5.74, 6) is 0. The van der Waals surface area contributed by atoms with Crippen molar-refractivity contribution in [2.75, 3.05) is 18.5 Å². The van der Waals surface area contributed by atoms with Gasteiger partial charge in [-0.3, -0.25) is 4.31 Å². The number of carbonyl (C=O) groups is 1. The molecule has 0 saturated heterocycles. The van der Waals surface area contributed by atoms with Gasteiger partial charge < -0.3 is 15.5 Å². The third-order valence-corrected chi connectivity index (χ3v) is 3.07. The minimum absolute atomic E-state index is 0.380. The zero-order valence-electron chi connectivity index (χ0n) is 9.50. The second-order valence-corrected chi connectivity index (χ2v) is 4.32. The van der Waals surface area contributed by atoms with E-state index in [0.29, 0.717) is 5.69 Å². The minimum Gasteiger partial charge on any atom is -0.394 e. The van der Waals surface area contributed by atoms with Crippen LogP contribution in [0.4, 0.5) is 10.5 Å². The first-order chi connectivity index (χ1) is 8.03. The lowest BCUT2D eigenvalue weighted by molar-refractivity contribution is 0.0722. The maximum absolute atomic E-state index is 11.8. The van der Waals surface area contributed by atoms with Gasteiger partial charge in [0, 0.05) is 5.69 Å². The third-order valence-electron chi connectivity index (χ3n) is 2.41. The van der Waals surface area contributed by atoms with Gasteiger partial charge in [-0.05, 0) is 19.1 Å². The molecule has 1 aromatic carbocycles. The van der Waals surface area contributed by atoms with Crippen molar-refractivity contribution in [3.8, 4) is 0 Å². The van der Waals surface area contributed by atoms with Gasteiger partial charge in [-0.1, -0.05) is 31.0 Å². The van der Waals surface area contributed by atoms with Crippen LogP contribution in [-0.2, 0) is 0 Å². The Bertz CT molecular complexity index is 368. The number of hydrogen-bond acceptors (Lipinski definition) is 4. The van der Waals surface area contributed by atoms with Gasteiger partial charge in [0.15, 0.2) is 0 Å². The van der Waals surface area contributed by atoms with Crippen molar-refractivity contribution in [2.45, 2.75) is 12.5 Å². The van der Waals surface area contributed by atoms with Crippen LogP contribution in [0.3, 0.4) is 0 Å². The van der Waals surface area contributed by atoms with E-state index in [1.54, 1.807) is 24.3 Å². The molecule has 3 N–H and O–H groups in total. The predicted molar refractivity (Wildman–Crippen MR) is 68.9 cm³/mol. The molecule has 0 spiro atoms. The first-order valence-electron chi connectivity index (χ1n) is 5.10. The molecule has 5 nitrogen and oxygen atoms in total. The number of nitrogens with one attached hydrogen (secondary N) is 1. The lowest BCUT2D eigenvalue weighted by atomic mass is 10.1. The van der Waals surface area contributed by atoms with Crippen molar-refractivity contribution < 1.29 is 15.0 Å². The zero-order chi connectivity index (χ0) is 12.9. The minimum atomic E-state index is -1.11. The van der Waals surface area contributed by atoms with Crippen LogP contribution in [0, 0.1) is 0 Å². The molecule has 1 rings (SSSR count). The molecule has 94 valence electrons. The van der Waals surface area contributed by atoms with Crippen LogP contribution in [0.1, 0.15) is 6.92 Å². The highest BCUT2D eigenvalue weighted by Gasteiger charge is 2.32. The Morgan fingerprint density at radius 3 is 2.35 bits per heavy atom. The summed E-state index contributed by atoms with van der Waals surface area (Å²) < 4.78 is 0.986. The van der Waals surface area contributed by atoms with Crippen LogP contribution < -0.4 is 5.32 Å². The molecule has 0 atom stereocenters. The average Bonchev–Trinajstić information content (AvgIpc) is 2.38. The molecular formula is C11H16N2O3S. The number of aliphatic hydroxyl groups is 2. The molecule has 17 heavy (non-hydrogen) atoms. The second-order valence-electron chi connectivity index (χ2n) is 3.92. The molecular weight excluding hydrogens is 240 g/mol. The van der Waals surface area contributed by atoms with Gasteiger partial charge in [-0.2, -0.15) is 0 Å². The van der Waals surface area contributed by atoms with Crippen molar-refractivity contribution in [1.82, 2.24) is 4.31 Å². The Labute approximate surface area is 106 Å². The van der Waals surface area contributed by atoms with Gasteiger partial charge in [0.05, 0.1) is 18.8 Å². The molecule has 0 aliphatic rings. The lowest BCUT2D eigenvalue weighted by Crippen LogP contribution is -2.51. The maximum Gasteiger partial charge on any atom is 0.332 e. The lowest BCUT2D eigenvalue weighted by Gasteiger charge is -2.34. The van der Waals surface area contributed by atoms with Crippen molar-refractivity contribution in [3.63, 3.8) is 0 Å². The Kier molecular flexibility index (Phi) is 4.80. The molecule has 0 aliphatic carbocycles. The fourth-order valence-corrected chi connectivity index (χ4v) is 1.30. The van der Waals surface area contributed by atoms with E-state index in [-0.39, 0.29) is 13.2 Å². The van der Waals surface area contributed by atoms with E-state index in [2.05, 4.69) is 18.1 Å². The van der Waals surface area contributed by atoms with Crippen molar-refractivity contribution in [1.29, 1.82) is 0 Å². The smallest absolute Gasteiger partial charge is 0.332 e. The fourth-order valence-electron chi connectivity index (χ4n) is 1.13. The van der Waals surface area contributed by atoms with E-state index in [9.17, 15) is 4.79 Å². The molecule has 0 saturated carbocycles. The Morgan fingerprint density at radius 2 is 1.88 bits per heavy atom. The molecule has 0 aromatic heterocycles. The molecule has 0 fully saturated rings. The van der Waals surface area contributed by atoms with Crippen LogP contribution in [0.5, 0.6) is 0 Å². The maximum atomic E-state index is 11.8. The Balaban J connectivity index is 2.71. The topological polar surface area (TPSA) is 72.8 Å². The van der Waals surface area contributed by atoms with Crippen LogP contribution in [0.15, 0.2) is 30.3 Å². The van der Waals surface area contributed by atoms with Gasteiger partial charge in [-0.15, -0.1) is 0 Å². The number of anilines is 1. The number of para-hydroxylation sites is 1. The van der Waals surface area contributed by atoms with Crippen LogP contribution in [0.25, 0.3) is 0 Å². The predicted octanol–water partition coefficient (Wildman–Crippen LogP) is 1.11. The summed E-state index contributed by atoms with van der Waals surface area (Å²) >= 11 is 4.00. The highest BCUT2D eigenvalue weighted by Crippen LogP contribution is 2.18. The highest BCUT2D eigenvalue weighted by molar-refractivity contribution is 7.78. The number of aliphatic hydroxyl groups excluding tert-OH is 2.